The molecule has 6 nitrogen and oxygen atoms in total. The number of hydrogen-bond acceptors (Lipinski definition) is 5. The molecular weight excluding hydrogens is 224 g/mol. The minimum atomic E-state index is -0.513. The molecule has 0 aliphatic rings. The molecule has 1 N–H and O–H groups in total. The fourth-order valence-corrected chi connectivity index (χ4v) is 1.31. The molecule has 0 saturated carbocycles. The number of nitrogens with zero attached hydrogens (tertiary/aromatic N) is 1. The Balaban J connectivity index is 3.25. The Labute approximate surface area is 98.7 Å². The van der Waals surface area contributed by atoms with Crippen molar-refractivity contribution in [2.24, 2.45) is 0 Å². The molecule has 0 unspecified atom stereocenters. The van der Waals surface area contributed by atoms with Crippen LogP contribution >= 0.6 is 0 Å². The van der Waals surface area contributed by atoms with Crippen molar-refractivity contribution in [3.05, 3.63) is 22.2 Å². The zero-order valence-corrected chi connectivity index (χ0v) is 9.52. The Kier molecular flexibility index (Phi) is 4.17. The number of nitrogens with one attached hydrogen (secondary N) is 1. The minimum absolute atomic E-state index is 0.113. The average molecular weight is 236 g/mol. The first-order valence-corrected chi connectivity index (χ1v) is 4.71. The van der Waals surface area contributed by atoms with Crippen molar-refractivity contribution >= 4 is 11.4 Å². The van der Waals surface area contributed by atoms with Crippen LogP contribution in [0.15, 0.2) is 12.1 Å². The molecule has 0 spiro atoms. The summed E-state index contributed by atoms with van der Waals surface area (Å²) in [4.78, 5) is 10.4. The minimum Gasteiger partial charge on any atom is -0.493 e. The number of nitro benzene ring substituents is 1. The van der Waals surface area contributed by atoms with Gasteiger partial charge in [0.15, 0.2) is 11.5 Å². The van der Waals surface area contributed by atoms with Crippen molar-refractivity contribution in [3.8, 4) is 23.8 Å². The summed E-state index contributed by atoms with van der Waals surface area (Å²) in [6.07, 6.45) is 5.09. The van der Waals surface area contributed by atoms with Gasteiger partial charge in [0.1, 0.15) is 5.69 Å². The van der Waals surface area contributed by atoms with Crippen molar-refractivity contribution in [2.75, 3.05) is 26.1 Å². The highest BCUT2D eigenvalue weighted by atomic mass is 16.6. The van der Waals surface area contributed by atoms with Gasteiger partial charge in [0.2, 0.25) is 0 Å². The molecular formula is C11H12N2O4. The lowest BCUT2D eigenvalue weighted by Gasteiger charge is -2.10. The SMILES string of the molecule is C#CCNc1cc(OC)c(OC)cc1[N+](=O)[O-]. The van der Waals surface area contributed by atoms with E-state index < -0.39 is 4.92 Å². The van der Waals surface area contributed by atoms with Gasteiger partial charge < -0.3 is 14.8 Å². The normalized spacial score (nSPS) is 9.24. The number of benzene rings is 1. The third kappa shape index (κ3) is 2.78. The average Bonchev–Trinajstić information content (AvgIpc) is 2.34. The van der Waals surface area contributed by atoms with Crippen molar-refractivity contribution in [3.63, 3.8) is 0 Å². The first-order chi connectivity index (χ1) is 8.13. The van der Waals surface area contributed by atoms with E-state index in [9.17, 15) is 10.1 Å². The Bertz CT molecular complexity index is 465. The van der Waals surface area contributed by atoms with E-state index in [0.29, 0.717) is 17.2 Å². The summed E-state index contributed by atoms with van der Waals surface area (Å²) in [6.45, 7) is 0.191. The molecule has 0 atom stereocenters. The van der Waals surface area contributed by atoms with Crippen LogP contribution in [-0.4, -0.2) is 25.7 Å². The first kappa shape index (κ1) is 12.6. The molecule has 0 bridgehead atoms. The van der Waals surface area contributed by atoms with Gasteiger partial charge in [0.05, 0.1) is 31.8 Å². The number of hydrogen-bond donors (Lipinski definition) is 1. The third-order valence-electron chi connectivity index (χ3n) is 2.08. The van der Waals surface area contributed by atoms with E-state index in [1.165, 1.54) is 26.4 Å². The van der Waals surface area contributed by atoms with Crippen LogP contribution in [-0.2, 0) is 0 Å². The maximum Gasteiger partial charge on any atom is 0.296 e. The largest absolute Gasteiger partial charge is 0.493 e. The number of anilines is 1. The van der Waals surface area contributed by atoms with E-state index in [2.05, 4.69) is 11.2 Å². The van der Waals surface area contributed by atoms with Crippen molar-refractivity contribution < 1.29 is 14.4 Å². The lowest BCUT2D eigenvalue weighted by molar-refractivity contribution is -0.384. The number of ether oxygens (including phenoxy) is 2. The maximum atomic E-state index is 10.9. The molecule has 90 valence electrons. The predicted molar refractivity (Wildman–Crippen MR) is 63.5 cm³/mol. The van der Waals surface area contributed by atoms with E-state index in [4.69, 9.17) is 15.9 Å². The van der Waals surface area contributed by atoms with E-state index in [1.807, 2.05) is 0 Å². The van der Waals surface area contributed by atoms with E-state index in [0.717, 1.165) is 0 Å². The van der Waals surface area contributed by atoms with Crippen LogP contribution in [0.2, 0.25) is 0 Å². The molecule has 1 aromatic carbocycles. The Morgan fingerprint density at radius 1 is 1.41 bits per heavy atom. The van der Waals surface area contributed by atoms with E-state index in [-0.39, 0.29) is 12.2 Å². The summed E-state index contributed by atoms with van der Waals surface area (Å²) in [7, 11) is 2.87. The Morgan fingerprint density at radius 3 is 2.47 bits per heavy atom. The van der Waals surface area contributed by atoms with Crippen molar-refractivity contribution in [1.29, 1.82) is 0 Å². The summed E-state index contributed by atoms with van der Waals surface area (Å²) in [5, 5.41) is 13.6. The zero-order chi connectivity index (χ0) is 12.8. The summed E-state index contributed by atoms with van der Waals surface area (Å²) >= 11 is 0. The molecule has 1 aromatic rings. The quantitative estimate of drug-likeness (QED) is 0.478. The smallest absolute Gasteiger partial charge is 0.296 e. The molecule has 0 aliphatic carbocycles. The molecule has 0 saturated heterocycles. The highest BCUT2D eigenvalue weighted by molar-refractivity contribution is 5.68. The predicted octanol–water partition coefficient (Wildman–Crippen LogP) is 1.66. The molecule has 0 heterocycles. The molecule has 0 fully saturated rings. The second kappa shape index (κ2) is 5.61. The Morgan fingerprint density at radius 2 is 2.00 bits per heavy atom. The zero-order valence-electron chi connectivity index (χ0n) is 9.52. The van der Waals surface area contributed by atoms with Crippen LogP contribution in [0.3, 0.4) is 0 Å². The summed E-state index contributed by atoms with van der Waals surface area (Å²) in [6, 6.07) is 2.77. The monoisotopic (exact) mass is 236 g/mol. The second-order valence-electron chi connectivity index (χ2n) is 3.04. The van der Waals surface area contributed by atoms with Gasteiger partial charge in [-0.15, -0.1) is 6.42 Å². The van der Waals surface area contributed by atoms with Crippen molar-refractivity contribution in [1.82, 2.24) is 0 Å². The van der Waals surface area contributed by atoms with Crippen LogP contribution in [0.1, 0.15) is 0 Å². The van der Waals surface area contributed by atoms with Gasteiger partial charge >= 0.3 is 0 Å². The second-order valence-corrected chi connectivity index (χ2v) is 3.04. The number of methoxy groups -OCH3 is 2. The fraction of sp³-hybridized carbons (Fsp3) is 0.273. The number of rotatable bonds is 5. The van der Waals surface area contributed by atoms with Gasteiger partial charge in [-0.05, 0) is 0 Å². The van der Waals surface area contributed by atoms with Gasteiger partial charge in [0.25, 0.3) is 5.69 Å². The van der Waals surface area contributed by atoms with Gasteiger partial charge in [-0.3, -0.25) is 10.1 Å². The van der Waals surface area contributed by atoms with Gasteiger partial charge in [-0.25, -0.2) is 0 Å². The lowest BCUT2D eigenvalue weighted by atomic mass is 10.2. The van der Waals surface area contributed by atoms with Crippen LogP contribution in [0, 0.1) is 22.5 Å². The highest BCUT2D eigenvalue weighted by Gasteiger charge is 2.18. The Hall–Kier alpha value is -2.42. The van der Waals surface area contributed by atoms with Crippen LogP contribution in [0.5, 0.6) is 11.5 Å². The molecule has 0 radical (unpaired) electrons. The summed E-state index contributed by atoms with van der Waals surface area (Å²) in [5.41, 5.74) is 0.184. The highest BCUT2D eigenvalue weighted by Crippen LogP contribution is 2.37. The van der Waals surface area contributed by atoms with Crippen molar-refractivity contribution in [2.45, 2.75) is 0 Å². The summed E-state index contributed by atoms with van der Waals surface area (Å²) in [5.74, 6) is 3.04. The standard InChI is InChI=1S/C11H12N2O4/c1-4-5-12-8-6-10(16-2)11(17-3)7-9(8)13(14)15/h1,6-7,12H,5H2,2-3H3. The molecule has 1 rings (SSSR count). The van der Waals surface area contributed by atoms with Gasteiger partial charge in [0, 0.05) is 6.07 Å². The van der Waals surface area contributed by atoms with Gasteiger partial charge in [-0.2, -0.15) is 0 Å². The molecule has 6 heteroatoms. The van der Waals surface area contributed by atoms with Crippen LogP contribution < -0.4 is 14.8 Å². The molecule has 0 amide bonds. The topological polar surface area (TPSA) is 73.6 Å². The fourth-order valence-electron chi connectivity index (χ4n) is 1.31. The van der Waals surface area contributed by atoms with Gasteiger partial charge in [-0.1, -0.05) is 5.92 Å². The number of terminal acetylenes is 1. The molecule has 0 aliphatic heterocycles. The lowest BCUT2D eigenvalue weighted by Crippen LogP contribution is -2.03. The molecule has 17 heavy (non-hydrogen) atoms. The number of nitro groups is 1. The molecule has 0 aromatic heterocycles. The van der Waals surface area contributed by atoms with Crippen LogP contribution in [0.25, 0.3) is 0 Å². The summed E-state index contributed by atoms with van der Waals surface area (Å²) < 4.78 is 10.0. The van der Waals surface area contributed by atoms with E-state index in [1.54, 1.807) is 0 Å². The first-order valence-electron chi connectivity index (χ1n) is 4.71. The third-order valence-corrected chi connectivity index (χ3v) is 2.08. The van der Waals surface area contributed by atoms with Crippen LogP contribution in [0.4, 0.5) is 11.4 Å². The van der Waals surface area contributed by atoms with E-state index >= 15 is 0 Å². The maximum absolute atomic E-state index is 10.9.